The lowest BCUT2D eigenvalue weighted by molar-refractivity contribution is -0.116. The summed E-state index contributed by atoms with van der Waals surface area (Å²) in [6.45, 7) is 0. The summed E-state index contributed by atoms with van der Waals surface area (Å²) in [6, 6.07) is 3.73. The minimum atomic E-state index is -0.411. The molecule has 1 N–H and O–H groups in total. The SMILES string of the molecule is C#CCCC1(CCC(=O)Nc2ccc(C3CC3)nn2)N=N1. The Balaban J connectivity index is 1.44. The summed E-state index contributed by atoms with van der Waals surface area (Å²) in [6.07, 6.45) is 9.89. The smallest absolute Gasteiger partial charge is 0.225 e. The van der Waals surface area contributed by atoms with Gasteiger partial charge in [0, 0.05) is 31.6 Å². The number of rotatable bonds is 7. The molecule has 0 bridgehead atoms. The maximum atomic E-state index is 11.9. The van der Waals surface area contributed by atoms with Gasteiger partial charge in [-0.25, -0.2) is 0 Å². The number of hydrogen-bond acceptors (Lipinski definition) is 5. The number of hydrogen-bond donors (Lipinski definition) is 1. The van der Waals surface area contributed by atoms with E-state index in [9.17, 15) is 4.79 Å². The Labute approximate surface area is 123 Å². The van der Waals surface area contributed by atoms with Gasteiger partial charge in [-0.3, -0.25) is 4.79 Å². The zero-order valence-electron chi connectivity index (χ0n) is 11.7. The maximum absolute atomic E-state index is 11.9. The lowest BCUT2D eigenvalue weighted by Gasteiger charge is -2.08. The van der Waals surface area contributed by atoms with Crippen molar-refractivity contribution < 1.29 is 4.79 Å². The molecule has 0 spiro atoms. The van der Waals surface area contributed by atoms with Gasteiger partial charge in [0.25, 0.3) is 0 Å². The molecule has 3 rings (SSSR count). The predicted molar refractivity (Wildman–Crippen MR) is 77.5 cm³/mol. The average Bonchev–Trinajstić information content (AvgIpc) is 3.38. The molecule has 2 aliphatic rings. The van der Waals surface area contributed by atoms with E-state index in [1.165, 1.54) is 12.8 Å². The van der Waals surface area contributed by atoms with Crippen molar-refractivity contribution in [3.63, 3.8) is 0 Å². The van der Waals surface area contributed by atoms with Crippen molar-refractivity contribution in [2.75, 3.05) is 5.32 Å². The maximum Gasteiger partial charge on any atom is 0.225 e. The minimum Gasteiger partial charge on any atom is -0.309 e. The molecule has 1 aliphatic heterocycles. The molecule has 1 saturated carbocycles. The van der Waals surface area contributed by atoms with Crippen LogP contribution in [0.15, 0.2) is 22.4 Å². The number of nitrogens with zero attached hydrogens (tertiary/aromatic N) is 4. The highest BCUT2D eigenvalue weighted by atomic mass is 16.1. The van der Waals surface area contributed by atoms with E-state index in [4.69, 9.17) is 6.42 Å². The Morgan fingerprint density at radius 2 is 2.14 bits per heavy atom. The van der Waals surface area contributed by atoms with Crippen LogP contribution >= 0.6 is 0 Å². The Hall–Kier alpha value is -2.29. The molecule has 1 aromatic heterocycles. The number of terminal acetylenes is 1. The first-order valence-electron chi connectivity index (χ1n) is 7.22. The minimum absolute atomic E-state index is 0.0964. The van der Waals surface area contributed by atoms with Crippen LogP contribution in [0.25, 0.3) is 0 Å². The lowest BCUT2D eigenvalue weighted by atomic mass is 10.0. The van der Waals surface area contributed by atoms with Gasteiger partial charge in [0.15, 0.2) is 11.5 Å². The first-order chi connectivity index (χ1) is 10.2. The molecule has 0 aromatic carbocycles. The van der Waals surface area contributed by atoms with E-state index in [1.807, 2.05) is 6.07 Å². The fourth-order valence-corrected chi connectivity index (χ4v) is 2.19. The topological polar surface area (TPSA) is 79.6 Å². The van der Waals surface area contributed by atoms with Gasteiger partial charge in [0.2, 0.25) is 5.91 Å². The number of nitrogens with one attached hydrogen (secondary N) is 1. The summed E-state index contributed by atoms with van der Waals surface area (Å²) in [5, 5.41) is 18.9. The molecule has 1 amide bonds. The van der Waals surface area contributed by atoms with Crippen molar-refractivity contribution in [1.29, 1.82) is 0 Å². The monoisotopic (exact) mass is 283 g/mol. The fraction of sp³-hybridized carbons (Fsp3) is 0.533. The van der Waals surface area contributed by atoms with Gasteiger partial charge in [-0.1, -0.05) is 0 Å². The third-order valence-corrected chi connectivity index (χ3v) is 3.75. The summed E-state index contributed by atoms with van der Waals surface area (Å²) >= 11 is 0. The van der Waals surface area contributed by atoms with Gasteiger partial charge >= 0.3 is 0 Å². The third kappa shape index (κ3) is 3.63. The number of aromatic nitrogens is 2. The first-order valence-corrected chi connectivity index (χ1v) is 7.22. The van der Waals surface area contributed by atoms with Gasteiger partial charge in [-0.05, 0) is 25.0 Å². The van der Waals surface area contributed by atoms with E-state index in [-0.39, 0.29) is 5.91 Å². The summed E-state index contributed by atoms with van der Waals surface area (Å²) in [7, 11) is 0. The van der Waals surface area contributed by atoms with Crippen molar-refractivity contribution in [2.24, 2.45) is 10.2 Å². The highest BCUT2D eigenvalue weighted by molar-refractivity contribution is 5.89. The van der Waals surface area contributed by atoms with Crippen molar-refractivity contribution in [2.45, 2.75) is 50.1 Å². The summed E-state index contributed by atoms with van der Waals surface area (Å²) in [4.78, 5) is 11.9. The second kappa shape index (κ2) is 5.60. The highest BCUT2D eigenvalue weighted by Crippen LogP contribution is 2.39. The predicted octanol–water partition coefficient (Wildman–Crippen LogP) is 2.65. The molecule has 108 valence electrons. The molecular formula is C15H17N5O. The molecule has 21 heavy (non-hydrogen) atoms. The zero-order valence-corrected chi connectivity index (χ0v) is 11.7. The molecule has 0 saturated heterocycles. The Bertz CT molecular complexity index is 591. The van der Waals surface area contributed by atoms with E-state index in [0.29, 0.717) is 37.4 Å². The zero-order chi connectivity index (χ0) is 14.7. The van der Waals surface area contributed by atoms with E-state index in [0.717, 1.165) is 5.69 Å². The van der Waals surface area contributed by atoms with Crippen molar-refractivity contribution in [3.05, 3.63) is 17.8 Å². The summed E-state index contributed by atoms with van der Waals surface area (Å²) in [5.74, 6) is 3.53. The van der Waals surface area contributed by atoms with Gasteiger partial charge in [0.05, 0.1) is 5.69 Å². The third-order valence-electron chi connectivity index (χ3n) is 3.75. The standard InChI is InChI=1S/C15H17N5O/c1-2-3-9-15(19-20-15)10-8-14(21)16-13-7-6-12(17-18-13)11-4-5-11/h1,6-7,11H,3-5,8-10H2,(H,16,18,21). The van der Waals surface area contributed by atoms with Crippen molar-refractivity contribution in [1.82, 2.24) is 10.2 Å². The van der Waals surface area contributed by atoms with Crippen LogP contribution in [0.1, 0.15) is 50.1 Å². The van der Waals surface area contributed by atoms with E-state index in [1.54, 1.807) is 6.07 Å². The van der Waals surface area contributed by atoms with Gasteiger partial charge in [-0.15, -0.1) is 17.4 Å². The molecule has 1 aliphatic carbocycles. The summed E-state index contributed by atoms with van der Waals surface area (Å²) in [5.41, 5.74) is 0.599. The van der Waals surface area contributed by atoms with Gasteiger partial charge < -0.3 is 5.32 Å². The van der Waals surface area contributed by atoms with Crippen LogP contribution in [0, 0.1) is 12.3 Å². The molecule has 6 nitrogen and oxygen atoms in total. The second-order valence-electron chi connectivity index (χ2n) is 5.55. The van der Waals surface area contributed by atoms with Crippen LogP contribution < -0.4 is 5.32 Å². The van der Waals surface area contributed by atoms with Crippen LogP contribution in [-0.2, 0) is 4.79 Å². The van der Waals surface area contributed by atoms with Crippen LogP contribution in [0.3, 0.4) is 0 Å². The molecule has 1 fully saturated rings. The largest absolute Gasteiger partial charge is 0.309 e. The molecular weight excluding hydrogens is 266 g/mol. The molecule has 2 heterocycles. The second-order valence-corrected chi connectivity index (χ2v) is 5.55. The Morgan fingerprint density at radius 1 is 1.33 bits per heavy atom. The van der Waals surface area contributed by atoms with Crippen LogP contribution in [0.2, 0.25) is 0 Å². The molecule has 6 heteroatoms. The van der Waals surface area contributed by atoms with Crippen LogP contribution in [0.5, 0.6) is 0 Å². The van der Waals surface area contributed by atoms with Crippen molar-refractivity contribution >= 4 is 11.7 Å². The van der Waals surface area contributed by atoms with Gasteiger partial charge in [0.1, 0.15) is 0 Å². The number of carbonyl (C=O) groups is 1. The van der Waals surface area contributed by atoms with E-state index in [2.05, 4.69) is 31.7 Å². The van der Waals surface area contributed by atoms with E-state index < -0.39 is 5.66 Å². The number of anilines is 1. The highest BCUT2D eigenvalue weighted by Gasteiger charge is 2.39. The average molecular weight is 283 g/mol. The van der Waals surface area contributed by atoms with Gasteiger partial charge in [-0.2, -0.15) is 15.3 Å². The quantitative estimate of drug-likeness (QED) is 0.781. The lowest BCUT2D eigenvalue weighted by Crippen LogP contribution is -2.18. The normalized spacial score (nSPS) is 18.0. The summed E-state index contributed by atoms with van der Waals surface area (Å²) < 4.78 is 0. The van der Waals surface area contributed by atoms with Crippen LogP contribution in [0.4, 0.5) is 5.82 Å². The molecule has 0 unspecified atom stereocenters. The number of carbonyl (C=O) groups excluding carboxylic acids is 1. The first kappa shape index (κ1) is 13.7. The van der Waals surface area contributed by atoms with Crippen molar-refractivity contribution in [3.8, 4) is 12.3 Å². The molecule has 1 aromatic rings. The van der Waals surface area contributed by atoms with Crippen LogP contribution in [-0.4, -0.2) is 21.8 Å². The Morgan fingerprint density at radius 3 is 2.71 bits per heavy atom. The van der Waals surface area contributed by atoms with E-state index >= 15 is 0 Å². The Kier molecular flexibility index (Phi) is 3.65. The molecule has 0 atom stereocenters. The number of amides is 1. The fourth-order valence-electron chi connectivity index (χ4n) is 2.19. The molecule has 0 radical (unpaired) electrons.